The topological polar surface area (TPSA) is 255 Å². The summed E-state index contributed by atoms with van der Waals surface area (Å²) >= 11 is 0. The van der Waals surface area contributed by atoms with E-state index in [0.29, 0.717) is 0 Å². The van der Waals surface area contributed by atoms with Gasteiger partial charge in [0.05, 0.1) is 12.2 Å². The summed E-state index contributed by atoms with van der Waals surface area (Å²) in [4.78, 5) is 53.2. The largest absolute Gasteiger partial charge is 0.480 e. The quantitative estimate of drug-likeness (QED) is 0.0629. The molecule has 0 bridgehead atoms. The van der Waals surface area contributed by atoms with E-state index in [0.717, 1.165) is 0 Å². The van der Waals surface area contributed by atoms with Crippen molar-refractivity contribution in [2.45, 2.75) is 83.3 Å². The summed E-state index contributed by atoms with van der Waals surface area (Å²) in [7, 11) is 0. The Balaban J connectivity index is 5.62. The van der Waals surface area contributed by atoms with E-state index in [1.807, 2.05) is 13.8 Å². The van der Waals surface area contributed by atoms with Crippen LogP contribution in [0.25, 0.3) is 0 Å². The number of amides is 3. The molecule has 34 heavy (non-hydrogen) atoms. The van der Waals surface area contributed by atoms with Gasteiger partial charge in [-0.2, -0.15) is 0 Å². The molecule has 0 rings (SSSR count). The monoisotopic (exact) mass is 489 g/mol. The first-order valence-corrected chi connectivity index (χ1v) is 11.0. The van der Waals surface area contributed by atoms with Crippen LogP contribution in [0.4, 0.5) is 0 Å². The van der Waals surface area contributed by atoms with Crippen molar-refractivity contribution in [2.24, 2.45) is 28.1 Å². The van der Waals surface area contributed by atoms with E-state index in [1.165, 1.54) is 13.8 Å². The zero-order valence-corrected chi connectivity index (χ0v) is 20.0. The van der Waals surface area contributed by atoms with Crippen LogP contribution in [-0.4, -0.2) is 87.9 Å². The number of carbonyl (C=O) groups excluding carboxylic acids is 3. The molecule has 6 unspecified atom stereocenters. The van der Waals surface area contributed by atoms with Gasteiger partial charge in [-0.1, -0.05) is 13.8 Å². The summed E-state index contributed by atoms with van der Waals surface area (Å²) in [5.74, 6) is -3.93. The number of nitrogens with one attached hydrogen (secondary N) is 3. The Hall–Kier alpha value is -2.97. The lowest BCUT2D eigenvalue weighted by Crippen LogP contribution is -2.59. The molecule has 0 aliphatic carbocycles. The van der Waals surface area contributed by atoms with Crippen molar-refractivity contribution in [3.8, 4) is 0 Å². The number of aliphatic hydroxyl groups is 2. The fourth-order valence-corrected chi connectivity index (χ4v) is 2.88. The molecule has 12 N–H and O–H groups in total. The molecule has 0 fully saturated rings. The van der Waals surface area contributed by atoms with Crippen molar-refractivity contribution in [1.29, 1.82) is 0 Å². The van der Waals surface area contributed by atoms with Crippen molar-refractivity contribution in [3.63, 3.8) is 0 Å². The van der Waals surface area contributed by atoms with Crippen LogP contribution in [0.3, 0.4) is 0 Å². The van der Waals surface area contributed by atoms with Crippen LogP contribution >= 0.6 is 0 Å². The van der Waals surface area contributed by atoms with Crippen molar-refractivity contribution in [1.82, 2.24) is 16.0 Å². The van der Waals surface area contributed by atoms with Crippen molar-refractivity contribution >= 4 is 29.7 Å². The Morgan fingerprint density at radius 2 is 1.38 bits per heavy atom. The van der Waals surface area contributed by atoms with Crippen LogP contribution < -0.4 is 33.2 Å². The number of aliphatic hydroxyl groups excluding tert-OH is 2. The third kappa shape index (κ3) is 11.8. The van der Waals surface area contributed by atoms with Gasteiger partial charge in [0, 0.05) is 6.54 Å². The maximum Gasteiger partial charge on any atom is 0.328 e. The minimum Gasteiger partial charge on any atom is -0.480 e. The Bertz CT molecular complexity index is 724. The molecule has 0 aromatic carbocycles. The molecule has 0 spiro atoms. The molecule has 0 aliphatic rings. The maximum atomic E-state index is 13.0. The Morgan fingerprint density at radius 1 is 0.853 bits per heavy atom. The zero-order chi connectivity index (χ0) is 26.6. The average molecular weight is 490 g/mol. The molecular formula is C20H39N7O7. The van der Waals surface area contributed by atoms with Crippen LogP contribution in [0.2, 0.25) is 0 Å². The second kappa shape index (κ2) is 15.0. The third-order valence-corrected chi connectivity index (χ3v) is 4.79. The second-order valence-corrected chi connectivity index (χ2v) is 8.53. The predicted molar refractivity (Wildman–Crippen MR) is 124 cm³/mol. The van der Waals surface area contributed by atoms with Crippen LogP contribution in [0.15, 0.2) is 4.99 Å². The van der Waals surface area contributed by atoms with Crippen molar-refractivity contribution in [3.05, 3.63) is 0 Å². The maximum absolute atomic E-state index is 13.0. The zero-order valence-electron chi connectivity index (χ0n) is 20.0. The van der Waals surface area contributed by atoms with E-state index in [1.54, 1.807) is 0 Å². The van der Waals surface area contributed by atoms with Gasteiger partial charge >= 0.3 is 5.97 Å². The number of aliphatic carboxylic acids is 1. The number of rotatable bonds is 15. The SMILES string of the molecule is CC(C)CC(NC(=O)C(N)C(C)O)C(=O)NC(CCCN=C(N)N)C(=O)NC(C(=O)O)C(C)O. The molecule has 196 valence electrons. The summed E-state index contributed by atoms with van der Waals surface area (Å²) in [6.07, 6.45) is -2.04. The first kappa shape index (κ1) is 31.0. The lowest BCUT2D eigenvalue weighted by Gasteiger charge is -2.26. The number of carboxylic acids is 1. The van der Waals surface area contributed by atoms with Gasteiger partial charge < -0.3 is 48.5 Å². The van der Waals surface area contributed by atoms with Crippen LogP contribution in [0, 0.1) is 5.92 Å². The molecule has 14 heteroatoms. The normalized spacial score (nSPS) is 16.4. The fourth-order valence-electron chi connectivity index (χ4n) is 2.88. The highest BCUT2D eigenvalue weighted by Crippen LogP contribution is 2.08. The second-order valence-electron chi connectivity index (χ2n) is 8.53. The van der Waals surface area contributed by atoms with Gasteiger partial charge in [-0.05, 0) is 39.0 Å². The predicted octanol–water partition coefficient (Wildman–Crippen LogP) is -3.29. The summed E-state index contributed by atoms with van der Waals surface area (Å²) in [5, 5.41) is 35.6. The van der Waals surface area contributed by atoms with Gasteiger partial charge in [-0.25, -0.2) is 4.79 Å². The highest BCUT2D eigenvalue weighted by atomic mass is 16.4. The molecule has 6 atom stereocenters. The molecule has 0 aromatic heterocycles. The minimum absolute atomic E-state index is 0.0282. The smallest absolute Gasteiger partial charge is 0.328 e. The lowest BCUT2D eigenvalue weighted by atomic mass is 10.0. The number of nitrogens with zero attached hydrogens (tertiary/aromatic N) is 1. The molecule has 0 heterocycles. The lowest BCUT2D eigenvalue weighted by molar-refractivity contribution is -0.145. The van der Waals surface area contributed by atoms with Gasteiger partial charge in [0.1, 0.15) is 18.1 Å². The van der Waals surface area contributed by atoms with Crippen LogP contribution in [-0.2, 0) is 19.2 Å². The Morgan fingerprint density at radius 3 is 1.82 bits per heavy atom. The summed E-state index contributed by atoms with van der Waals surface area (Å²) in [6, 6.07) is -5.14. The number of carboxylic acid groups (broad SMARTS) is 1. The standard InChI is InChI=1S/C20H39N7O7/c1-9(2)8-13(26-18(32)14(21)10(3)28)17(31)25-12(6-5-7-24-20(22)23)16(30)27-15(11(4)29)19(33)34/h9-15,28-29H,5-8,21H2,1-4H3,(H,25,31)(H,26,32)(H,27,30)(H,33,34)(H4,22,23,24). The Labute approximate surface area is 198 Å². The molecule has 14 nitrogen and oxygen atoms in total. The van der Waals surface area contributed by atoms with Crippen LogP contribution in [0.1, 0.15) is 47.0 Å². The van der Waals surface area contributed by atoms with E-state index in [4.69, 9.17) is 17.2 Å². The van der Waals surface area contributed by atoms with Crippen molar-refractivity contribution < 1.29 is 34.5 Å². The van der Waals surface area contributed by atoms with E-state index in [2.05, 4.69) is 20.9 Å². The van der Waals surface area contributed by atoms with Gasteiger partial charge in [-0.15, -0.1) is 0 Å². The first-order valence-electron chi connectivity index (χ1n) is 11.0. The molecule has 0 radical (unpaired) electrons. The number of carbonyl (C=O) groups is 4. The molecule has 0 aromatic rings. The summed E-state index contributed by atoms with van der Waals surface area (Å²) < 4.78 is 0. The van der Waals surface area contributed by atoms with Gasteiger partial charge in [0.25, 0.3) is 0 Å². The third-order valence-electron chi connectivity index (χ3n) is 4.79. The number of aliphatic imine (C=N–C) groups is 1. The Kier molecular flexibility index (Phi) is 13.7. The van der Waals surface area contributed by atoms with E-state index >= 15 is 0 Å². The molecule has 0 saturated carbocycles. The van der Waals surface area contributed by atoms with Crippen molar-refractivity contribution in [2.75, 3.05) is 6.54 Å². The van der Waals surface area contributed by atoms with E-state index < -0.39 is 60.1 Å². The first-order chi connectivity index (χ1) is 15.7. The molecule has 0 saturated heterocycles. The molecular weight excluding hydrogens is 450 g/mol. The number of nitrogens with two attached hydrogens (primary N) is 3. The highest BCUT2D eigenvalue weighted by molar-refractivity contribution is 5.94. The van der Waals surface area contributed by atoms with Gasteiger partial charge in [0.15, 0.2) is 12.0 Å². The van der Waals surface area contributed by atoms with E-state index in [9.17, 15) is 34.5 Å². The average Bonchev–Trinajstić information content (AvgIpc) is 2.71. The highest BCUT2D eigenvalue weighted by Gasteiger charge is 2.32. The minimum atomic E-state index is -1.60. The molecule has 0 aliphatic heterocycles. The number of hydrogen-bond acceptors (Lipinski definition) is 8. The number of guanidine groups is 1. The van der Waals surface area contributed by atoms with E-state index in [-0.39, 0.29) is 37.7 Å². The fraction of sp³-hybridized carbons (Fsp3) is 0.750. The summed E-state index contributed by atoms with van der Waals surface area (Å²) in [5.41, 5.74) is 16.2. The summed E-state index contributed by atoms with van der Waals surface area (Å²) in [6.45, 7) is 6.32. The van der Waals surface area contributed by atoms with Gasteiger partial charge in [-0.3, -0.25) is 19.4 Å². The number of hydrogen-bond donors (Lipinski definition) is 9. The van der Waals surface area contributed by atoms with Gasteiger partial charge in [0.2, 0.25) is 17.7 Å². The molecule has 3 amide bonds. The van der Waals surface area contributed by atoms with Crippen LogP contribution in [0.5, 0.6) is 0 Å².